The summed E-state index contributed by atoms with van der Waals surface area (Å²) in [7, 11) is 0. The Morgan fingerprint density at radius 3 is 2.83 bits per heavy atom. The Morgan fingerprint density at radius 1 is 1.24 bits per heavy atom. The summed E-state index contributed by atoms with van der Waals surface area (Å²) in [6, 6.07) is 8.21. The molecule has 2 heterocycles. The van der Waals surface area contributed by atoms with Crippen LogP contribution in [0.15, 0.2) is 24.3 Å². The van der Waals surface area contributed by atoms with E-state index < -0.39 is 0 Å². The van der Waals surface area contributed by atoms with Crippen molar-refractivity contribution >= 4 is 23.2 Å². The Kier molecular flexibility index (Phi) is 6.28. The molecule has 1 fully saturated rings. The van der Waals surface area contributed by atoms with Crippen LogP contribution < -0.4 is 5.32 Å². The van der Waals surface area contributed by atoms with Crippen molar-refractivity contribution in [2.45, 2.75) is 58.4 Å². The number of amides is 2. The number of hydrogen-bond acceptors (Lipinski definition) is 4. The molecule has 1 unspecified atom stereocenters. The molecule has 1 aliphatic carbocycles. The van der Waals surface area contributed by atoms with Crippen LogP contribution >= 0.6 is 11.3 Å². The van der Waals surface area contributed by atoms with Gasteiger partial charge in [0.15, 0.2) is 0 Å². The molecule has 0 radical (unpaired) electrons. The van der Waals surface area contributed by atoms with Gasteiger partial charge in [-0.1, -0.05) is 29.8 Å². The molecule has 154 valence electrons. The van der Waals surface area contributed by atoms with Crippen LogP contribution in [0.1, 0.15) is 52.4 Å². The number of hydrogen-bond donors (Lipinski definition) is 1. The fourth-order valence-electron chi connectivity index (χ4n) is 4.12. The summed E-state index contributed by atoms with van der Waals surface area (Å²) in [6.45, 7) is 3.79. The lowest BCUT2D eigenvalue weighted by Crippen LogP contribution is -2.33. The van der Waals surface area contributed by atoms with Gasteiger partial charge in [-0.25, -0.2) is 4.98 Å². The molecule has 0 bridgehead atoms. The molecular formula is C23H29N3O2S. The number of nitrogens with zero attached hydrogens (tertiary/aromatic N) is 2. The molecule has 2 amide bonds. The minimum atomic E-state index is -0.236. The van der Waals surface area contributed by atoms with Gasteiger partial charge in [0.1, 0.15) is 0 Å². The second-order valence-electron chi connectivity index (χ2n) is 8.24. The summed E-state index contributed by atoms with van der Waals surface area (Å²) < 4.78 is 0. The number of thiazole rings is 1. The molecule has 0 saturated carbocycles. The van der Waals surface area contributed by atoms with Gasteiger partial charge in [0.25, 0.3) is 0 Å². The van der Waals surface area contributed by atoms with Gasteiger partial charge in [-0.2, -0.15) is 0 Å². The van der Waals surface area contributed by atoms with E-state index in [0.717, 1.165) is 24.8 Å². The number of rotatable bonds is 7. The van der Waals surface area contributed by atoms with Gasteiger partial charge >= 0.3 is 0 Å². The Hall–Kier alpha value is -2.21. The van der Waals surface area contributed by atoms with E-state index in [1.54, 1.807) is 4.90 Å². The van der Waals surface area contributed by atoms with Crippen LogP contribution in [0.2, 0.25) is 0 Å². The number of nitrogens with one attached hydrogen (secondary N) is 1. The van der Waals surface area contributed by atoms with Gasteiger partial charge in [0.2, 0.25) is 11.8 Å². The Labute approximate surface area is 176 Å². The van der Waals surface area contributed by atoms with Crippen molar-refractivity contribution in [1.29, 1.82) is 0 Å². The molecule has 0 spiro atoms. The first-order valence-corrected chi connectivity index (χ1v) is 11.5. The van der Waals surface area contributed by atoms with E-state index in [4.69, 9.17) is 4.98 Å². The molecule has 29 heavy (non-hydrogen) atoms. The Morgan fingerprint density at radius 2 is 2.03 bits per heavy atom. The van der Waals surface area contributed by atoms with Crippen LogP contribution in [0, 0.1) is 12.8 Å². The average Bonchev–Trinajstić information content (AvgIpc) is 3.30. The van der Waals surface area contributed by atoms with Gasteiger partial charge in [0, 0.05) is 37.4 Å². The highest BCUT2D eigenvalue weighted by atomic mass is 32.1. The van der Waals surface area contributed by atoms with E-state index in [0.29, 0.717) is 26.1 Å². The third kappa shape index (κ3) is 5.04. The van der Waals surface area contributed by atoms with E-state index >= 15 is 0 Å². The van der Waals surface area contributed by atoms with Crippen molar-refractivity contribution < 1.29 is 9.59 Å². The minimum Gasteiger partial charge on any atom is -0.356 e. The van der Waals surface area contributed by atoms with Gasteiger partial charge in [-0.3, -0.25) is 9.59 Å². The van der Waals surface area contributed by atoms with E-state index in [2.05, 4.69) is 17.4 Å². The fraction of sp³-hybridized carbons (Fsp3) is 0.522. The third-order valence-corrected chi connectivity index (χ3v) is 7.05. The fourth-order valence-corrected chi connectivity index (χ4v) is 5.32. The Bertz CT molecular complexity index is 851. The first kappa shape index (κ1) is 20.1. The molecule has 1 saturated heterocycles. The smallest absolute Gasteiger partial charge is 0.225 e. The largest absolute Gasteiger partial charge is 0.356 e. The second-order valence-corrected chi connectivity index (χ2v) is 9.41. The van der Waals surface area contributed by atoms with Crippen LogP contribution in [0.3, 0.4) is 0 Å². The highest BCUT2D eigenvalue weighted by molar-refractivity contribution is 7.11. The molecule has 5 nitrogen and oxygen atoms in total. The van der Waals surface area contributed by atoms with Gasteiger partial charge < -0.3 is 10.2 Å². The lowest BCUT2D eigenvalue weighted by molar-refractivity contribution is -0.129. The zero-order chi connectivity index (χ0) is 20.2. The molecule has 4 rings (SSSR count). The summed E-state index contributed by atoms with van der Waals surface area (Å²) in [5.74, 6) is -0.164. The van der Waals surface area contributed by atoms with Crippen molar-refractivity contribution in [3.05, 3.63) is 51.0 Å². The van der Waals surface area contributed by atoms with Crippen LogP contribution in [0.4, 0.5) is 0 Å². The Balaban J connectivity index is 1.20. The van der Waals surface area contributed by atoms with Crippen molar-refractivity contribution in [2.24, 2.45) is 5.92 Å². The molecule has 6 heteroatoms. The van der Waals surface area contributed by atoms with Crippen molar-refractivity contribution in [2.75, 3.05) is 13.1 Å². The summed E-state index contributed by atoms with van der Waals surface area (Å²) in [4.78, 5) is 32.8. The van der Waals surface area contributed by atoms with E-state index in [1.807, 2.05) is 30.4 Å². The van der Waals surface area contributed by atoms with Crippen molar-refractivity contribution in [3.8, 4) is 0 Å². The summed E-state index contributed by atoms with van der Waals surface area (Å²) >= 11 is 1.85. The van der Waals surface area contributed by atoms with E-state index in [-0.39, 0.29) is 17.7 Å². The number of aryl methyl sites for hydroxylation is 4. The van der Waals surface area contributed by atoms with Crippen molar-refractivity contribution in [1.82, 2.24) is 15.2 Å². The number of carbonyl (C=O) groups is 2. The summed E-state index contributed by atoms with van der Waals surface area (Å²) in [5.41, 5.74) is 3.62. The minimum absolute atomic E-state index is 0.00295. The van der Waals surface area contributed by atoms with Crippen LogP contribution in [-0.4, -0.2) is 34.8 Å². The third-order valence-electron chi connectivity index (χ3n) is 5.84. The van der Waals surface area contributed by atoms with E-state index in [9.17, 15) is 9.59 Å². The maximum atomic E-state index is 12.5. The SMILES string of the molecule is Cc1ccc(CN2CC(C(=O)NCCCc3nc4c(s3)CCCC4)CC2=O)cc1. The molecular weight excluding hydrogens is 382 g/mol. The molecule has 2 aromatic rings. The topological polar surface area (TPSA) is 62.3 Å². The van der Waals surface area contributed by atoms with Crippen LogP contribution in [0.5, 0.6) is 0 Å². The van der Waals surface area contributed by atoms with E-state index in [1.165, 1.54) is 40.4 Å². The molecule has 1 aromatic heterocycles. The zero-order valence-corrected chi connectivity index (χ0v) is 17.9. The maximum absolute atomic E-state index is 12.5. The standard InChI is InChI=1S/C23H29N3O2S/c1-16-8-10-17(11-9-16)14-26-15-18(13-22(26)27)23(28)24-12-4-7-21-25-19-5-2-3-6-20(19)29-21/h8-11,18H,2-7,12-15H2,1H3,(H,24,28). The zero-order valence-electron chi connectivity index (χ0n) is 17.1. The molecule has 1 N–H and O–H groups in total. The van der Waals surface area contributed by atoms with Crippen LogP contribution in [-0.2, 0) is 35.4 Å². The molecule has 1 aliphatic heterocycles. The second kappa shape index (κ2) is 9.08. The molecule has 1 atom stereocenters. The monoisotopic (exact) mass is 411 g/mol. The maximum Gasteiger partial charge on any atom is 0.225 e. The lowest BCUT2D eigenvalue weighted by atomic mass is 10.0. The number of likely N-dealkylation sites (tertiary alicyclic amines) is 1. The summed E-state index contributed by atoms with van der Waals surface area (Å²) in [6.07, 6.45) is 6.97. The molecule has 2 aliphatic rings. The number of carbonyl (C=O) groups excluding carboxylic acids is 2. The number of fused-ring (bicyclic) bond motifs is 1. The van der Waals surface area contributed by atoms with Crippen molar-refractivity contribution in [3.63, 3.8) is 0 Å². The first-order chi connectivity index (χ1) is 14.1. The molecule has 1 aromatic carbocycles. The van der Waals surface area contributed by atoms with Crippen LogP contribution in [0.25, 0.3) is 0 Å². The number of aromatic nitrogens is 1. The quantitative estimate of drug-likeness (QED) is 0.710. The van der Waals surface area contributed by atoms with Gasteiger partial charge in [-0.15, -0.1) is 11.3 Å². The number of benzene rings is 1. The average molecular weight is 412 g/mol. The lowest BCUT2D eigenvalue weighted by Gasteiger charge is -2.17. The van der Waals surface area contributed by atoms with Gasteiger partial charge in [0.05, 0.1) is 16.6 Å². The summed E-state index contributed by atoms with van der Waals surface area (Å²) in [5, 5.41) is 4.23. The predicted octanol–water partition coefficient (Wildman–Crippen LogP) is 3.43. The highest BCUT2D eigenvalue weighted by Gasteiger charge is 2.34. The first-order valence-electron chi connectivity index (χ1n) is 10.7. The highest BCUT2D eigenvalue weighted by Crippen LogP contribution is 2.27. The predicted molar refractivity (Wildman–Crippen MR) is 115 cm³/mol. The van der Waals surface area contributed by atoms with Gasteiger partial charge in [-0.05, 0) is 44.6 Å². The normalized spacial score (nSPS) is 18.7.